The molecule has 94 valence electrons. The number of anilines is 1. The zero-order valence-electron chi connectivity index (χ0n) is 9.88. The van der Waals surface area contributed by atoms with Crippen molar-refractivity contribution in [3.05, 3.63) is 24.0 Å². The highest BCUT2D eigenvalue weighted by atomic mass is 32.1. The van der Waals surface area contributed by atoms with Crippen molar-refractivity contribution in [1.82, 2.24) is 10.4 Å². The molecule has 0 bridgehead atoms. The standard InChI is InChI=1S/C11H13N5OS/c1-7(17)16-6-4-8(14-15-11(12)18)10-9(16)3-2-5-13-10/h2-3,5H,4,6H2,1H3,(H3,12,15,18)/b14-8-. The molecule has 0 atom stereocenters. The molecule has 2 heterocycles. The number of pyridine rings is 1. The summed E-state index contributed by atoms with van der Waals surface area (Å²) in [7, 11) is 0. The number of nitrogens with two attached hydrogens (primary N) is 1. The summed E-state index contributed by atoms with van der Waals surface area (Å²) in [6.45, 7) is 2.11. The van der Waals surface area contributed by atoms with Crippen LogP contribution in [0.4, 0.5) is 5.69 Å². The Labute approximate surface area is 110 Å². The number of aromatic nitrogens is 1. The lowest BCUT2D eigenvalue weighted by atomic mass is 10.1. The van der Waals surface area contributed by atoms with Gasteiger partial charge in [-0.05, 0) is 24.4 Å². The molecule has 2 rings (SSSR count). The predicted molar refractivity (Wildman–Crippen MR) is 73.3 cm³/mol. The Hall–Kier alpha value is -2.02. The number of amides is 1. The molecule has 7 heteroatoms. The first-order chi connectivity index (χ1) is 8.59. The van der Waals surface area contributed by atoms with Crippen molar-refractivity contribution in [2.45, 2.75) is 13.3 Å². The molecule has 1 aliphatic heterocycles. The summed E-state index contributed by atoms with van der Waals surface area (Å²) in [5, 5.41) is 4.22. The zero-order chi connectivity index (χ0) is 13.1. The van der Waals surface area contributed by atoms with Crippen molar-refractivity contribution >= 4 is 34.6 Å². The minimum atomic E-state index is -0.00870. The first kappa shape index (κ1) is 12.4. The van der Waals surface area contributed by atoms with Gasteiger partial charge in [-0.3, -0.25) is 15.2 Å². The summed E-state index contributed by atoms with van der Waals surface area (Å²) in [6.07, 6.45) is 2.28. The molecule has 1 aromatic rings. The molecule has 3 N–H and O–H groups in total. The van der Waals surface area contributed by atoms with Gasteiger partial charge in [-0.1, -0.05) is 0 Å². The van der Waals surface area contributed by atoms with Crippen LogP contribution in [-0.2, 0) is 4.79 Å². The van der Waals surface area contributed by atoms with Crippen LogP contribution < -0.4 is 16.1 Å². The Morgan fingerprint density at radius 1 is 1.67 bits per heavy atom. The molecule has 1 aromatic heterocycles. The Bertz CT molecular complexity index is 528. The van der Waals surface area contributed by atoms with Crippen LogP contribution >= 0.6 is 12.2 Å². The van der Waals surface area contributed by atoms with E-state index in [0.717, 1.165) is 11.4 Å². The quantitative estimate of drug-likeness (QED) is 0.565. The lowest BCUT2D eigenvalue weighted by molar-refractivity contribution is -0.116. The average molecular weight is 263 g/mol. The van der Waals surface area contributed by atoms with Gasteiger partial charge >= 0.3 is 0 Å². The van der Waals surface area contributed by atoms with Crippen molar-refractivity contribution in [2.24, 2.45) is 10.8 Å². The fourth-order valence-electron chi connectivity index (χ4n) is 1.85. The van der Waals surface area contributed by atoms with E-state index in [4.69, 9.17) is 18.0 Å². The highest BCUT2D eigenvalue weighted by molar-refractivity contribution is 7.80. The second-order valence-corrected chi connectivity index (χ2v) is 4.27. The summed E-state index contributed by atoms with van der Waals surface area (Å²) in [5.74, 6) is -0.00870. The van der Waals surface area contributed by atoms with Crippen LogP contribution in [0.3, 0.4) is 0 Å². The smallest absolute Gasteiger partial charge is 0.223 e. The third-order valence-electron chi connectivity index (χ3n) is 2.60. The van der Waals surface area contributed by atoms with E-state index in [2.05, 4.69) is 15.5 Å². The Kier molecular flexibility index (Phi) is 3.52. The van der Waals surface area contributed by atoms with E-state index >= 15 is 0 Å². The number of carbonyl (C=O) groups excluding carboxylic acids is 1. The fraction of sp³-hybridized carbons (Fsp3) is 0.273. The lowest BCUT2D eigenvalue weighted by Crippen LogP contribution is -2.37. The number of carbonyl (C=O) groups is 1. The van der Waals surface area contributed by atoms with Crippen LogP contribution in [-0.4, -0.2) is 28.3 Å². The van der Waals surface area contributed by atoms with Crippen LogP contribution in [0.15, 0.2) is 23.4 Å². The minimum absolute atomic E-state index is 0.00870. The third-order valence-corrected chi connectivity index (χ3v) is 2.70. The van der Waals surface area contributed by atoms with Crippen LogP contribution in [0.1, 0.15) is 19.0 Å². The number of hydrogen-bond acceptors (Lipinski definition) is 4. The van der Waals surface area contributed by atoms with Gasteiger partial charge in [-0.15, -0.1) is 0 Å². The molecule has 1 aliphatic rings. The molecular weight excluding hydrogens is 250 g/mol. The van der Waals surface area contributed by atoms with E-state index in [-0.39, 0.29) is 11.0 Å². The van der Waals surface area contributed by atoms with E-state index in [1.807, 2.05) is 6.07 Å². The van der Waals surface area contributed by atoms with E-state index in [1.54, 1.807) is 17.2 Å². The van der Waals surface area contributed by atoms with Crippen molar-refractivity contribution in [1.29, 1.82) is 0 Å². The molecule has 6 nitrogen and oxygen atoms in total. The highest BCUT2D eigenvalue weighted by Gasteiger charge is 2.25. The van der Waals surface area contributed by atoms with Crippen molar-refractivity contribution in [3.8, 4) is 0 Å². The van der Waals surface area contributed by atoms with Gasteiger partial charge in [0.2, 0.25) is 5.91 Å². The zero-order valence-corrected chi connectivity index (χ0v) is 10.7. The molecule has 0 unspecified atom stereocenters. The number of nitrogens with one attached hydrogen (secondary N) is 1. The maximum Gasteiger partial charge on any atom is 0.223 e. The van der Waals surface area contributed by atoms with Crippen LogP contribution in [0.2, 0.25) is 0 Å². The van der Waals surface area contributed by atoms with Crippen molar-refractivity contribution < 1.29 is 4.79 Å². The van der Waals surface area contributed by atoms with Crippen LogP contribution in [0, 0.1) is 0 Å². The summed E-state index contributed by atoms with van der Waals surface area (Å²) in [4.78, 5) is 17.5. The lowest BCUT2D eigenvalue weighted by Gasteiger charge is -2.28. The van der Waals surface area contributed by atoms with Gasteiger partial charge in [0.1, 0.15) is 5.69 Å². The Morgan fingerprint density at radius 2 is 2.44 bits per heavy atom. The first-order valence-electron chi connectivity index (χ1n) is 5.45. The number of hydrazone groups is 1. The molecular formula is C11H13N5OS. The summed E-state index contributed by atoms with van der Waals surface area (Å²) >= 11 is 4.70. The number of nitrogens with zero attached hydrogens (tertiary/aromatic N) is 3. The SMILES string of the molecule is CC(=O)N1CC/C(=N/NC(N)=S)c2ncccc21. The highest BCUT2D eigenvalue weighted by Crippen LogP contribution is 2.25. The molecule has 0 saturated carbocycles. The summed E-state index contributed by atoms with van der Waals surface area (Å²) in [5.41, 5.74) is 10.1. The maximum absolute atomic E-state index is 11.5. The molecule has 0 aliphatic carbocycles. The molecule has 0 aromatic carbocycles. The van der Waals surface area contributed by atoms with Gasteiger partial charge in [0, 0.05) is 26.1 Å². The number of fused-ring (bicyclic) bond motifs is 1. The van der Waals surface area contributed by atoms with Gasteiger partial charge in [0.15, 0.2) is 5.11 Å². The molecule has 0 fully saturated rings. The second-order valence-electron chi connectivity index (χ2n) is 3.83. The Balaban J connectivity index is 2.39. The summed E-state index contributed by atoms with van der Waals surface area (Å²) < 4.78 is 0. The largest absolute Gasteiger partial charge is 0.375 e. The van der Waals surface area contributed by atoms with Crippen LogP contribution in [0.25, 0.3) is 0 Å². The van der Waals surface area contributed by atoms with E-state index in [9.17, 15) is 4.79 Å². The van der Waals surface area contributed by atoms with Gasteiger partial charge in [-0.2, -0.15) is 5.10 Å². The molecule has 1 amide bonds. The van der Waals surface area contributed by atoms with Gasteiger partial charge < -0.3 is 10.6 Å². The number of rotatable bonds is 1. The first-order valence-corrected chi connectivity index (χ1v) is 5.86. The maximum atomic E-state index is 11.5. The monoisotopic (exact) mass is 263 g/mol. The second kappa shape index (κ2) is 5.09. The van der Waals surface area contributed by atoms with E-state index in [0.29, 0.717) is 18.7 Å². The number of thiocarbonyl (C=S) groups is 1. The minimum Gasteiger partial charge on any atom is -0.375 e. The van der Waals surface area contributed by atoms with Gasteiger partial charge in [0.25, 0.3) is 0 Å². The van der Waals surface area contributed by atoms with Crippen molar-refractivity contribution in [3.63, 3.8) is 0 Å². The number of hydrogen-bond donors (Lipinski definition) is 2. The summed E-state index contributed by atoms with van der Waals surface area (Å²) in [6, 6.07) is 3.64. The van der Waals surface area contributed by atoms with Crippen molar-refractivity contribution in [2.75, 3.05) is 11.4 Å². The van der Waals surface area contributed by atoms with E-state index < -0.39 is 0 Å². The molecule has 0 radical (unpaired) electrons. The van der Waals surface area contributed by atoms with Crippen LogP contribution in [0.5, 0.6) is 0 Å². The van der Waals surface area contributed by atoms with E-state index in [1.165, 1.54) is 6.92 Å². The third kappa shape index (κ3) is 2.45. The Morgan fingerprint density at radius 3 is 3.11 bits per heavy atom. The van der Waals surface area contributed by atoms with Gasteiger partial charge in [0.05, 0.1) is 11.4 Å². The molecule has 18 heavy (non-hydrogen) atoms. The normalized spacial score (nSPS) is 16.3. The molecule has 0 saturated heterocycles. The predicted octanol–water partition coefficient (Wildman–Crippen LogP) is 0.376. The molecule has 0 spiro atoms. The average Bonchev–Trinajstić information content (AvgIpc) is 2.35. The fourth-order valence-corrected chi connectivity index (χ4v) is 1.90. The van der Waals surface area contributed by atoms with Gasteiger partial charge in [-0.25, -0.2) is 0 Å². The topological polar surface area (TPSA) is 83.6 Å².